The van der Waals surface area contributed by atoms with Crippen molar-refractivity contribution in [3.63, 3.8) is 0 Å². The van der Waals surface area contributed by atoms with Crippen molar-refractivity contribution in [2.45, 2.75) is 26.7 Å². The van der Waals surface area contributed by atoms with Crippen LogP contribution in [0.3, 0.4) is 0 Å². The normalized spacial score (nSPS) is 12.2. The highest BCUT2D eigenvalue weighted by Crippen LogP contribution is 2.27. The van der Waals surface area contributed by atoms with Gasteiger partial charge < -0.3 is 15.2 Å². The summed E-state index contributed by atoms with van der Waals surface area (Å²) in [6.07, 6.45) is 1.44. The average Bonchev–Trinajstić information content (AvgIpc) is 2.75. The summed E-state index contributed by atoms with van der Waals surface area (Å²) in [7, 11) is 1.79. The minimum absolute atomic E-state index is 0.250. The second kappa shape index (κ2) is 6.09. The molecule has 0 spiro atoms. The summed E-state index contributed by atoms with van der Waals surface area (Å²) in [6, 6.07) is 0. The Balaban J connectivity index is 2.11. The maximum Gasteiger partial charge on any atom is 0.157 e. The van der Waals surface area contributed by atoms with Gasteiger partial charge in [-0.3, -0.25) is 0 Å². The summed E-state index contributed by atoms with van der Waals surface area (Å²) in [6.45, 7) is 6.68. The highest BCUT2D eigenvalue weighted by Gasteiger charge is 2.17. The van der Waals surface area contributed by atoms with Crippen LogP contribution in [0.25, 0.3) is 0 Å². The van der Waals surface area contributed by atoms with Crippen molar-refractivity contribution in [3.05, 3.63) is 28.5 Å². The predicted molar refractivity (Wildman–Crippen MR) is 79.5 cm³/mol. The third-order valence-electron chi connectivity index (χ3n) is 3.21. The van der Waals surface area contributed by atoms with Crippen LogP contribution in [0.5, 0.6) is 0 Å². The highest BCUT2D eigenvalue weighted by atomic mass is 35.5. The third-order valence-corrected chi connectivity index (χ3v) is 3.49. The van der Waals surface area contributed by atoms with Crippen LogP contribution in [0.4, 0.5) is 11.5 Å². The first-order valence-corrected chi connectivity index (χ1v) is 6.77. The molecule has 2 rings (SSSR count). The van der Waals surface area contributed by atoms with E-state index in [4.69, 9.17) is 16.1 Å². The van der Waals surface area contributed by atoms with E-state index in [1.807, 2.05) is 13.8 Å². The summed E-state index contributed by atoms with van der Waals surface area (Å²) in [4.78, 5) is 8.14. The Morgan fingerprint density at radius 1 is 1.35 bits per heavy atom. The topological polar surface area (TPSA) is 75.9 Å². The van der Waals surface area contributed by atoms with Gasteiger partial charge in [-0.15, -0.1) is 0 Å². The van der Waals surface area contributed by atoms with Gasteiger partial charge in [0.15, 0.2) is 11.0 Å². The first-order valence-electron chi connectivity index (χ1n) is 6.39. The number of nitrogens with one attached hydrogen (secondary N) is 2. The molecule has 7 heteroatoms. The van der Waals surface area contributed by atoms with E-state index in [2.05, 4.69) is 32.7 Å². The minimum Gasteiger partial charge on any atom is -0.383 e. The van der Waals surface area contributed by atoms with Crippen molar-refractivity contribution >= 4 is 23.1 Å². The largest absolute Gasteiger partial charge is 0.383 e. The quantitative estimate of drug-likeness (QED) is 0.826. The van der Waals surface area contributed by atoms with E-state index in [1.54, 1.807) is 7.05 Å². The van der Waals surface area contributed by atoms with Gasteiger partial charge in [-0.05, 0) is 13.8 Å². The fourth-order valence-electron chi connectivity index (χ4n) is 2.27. The molecule has 6 nitrogen and oxygen atoms in total. The van der Waals surface area contributed by atoms with Gasteiger partial charge >= 0.3 is 0 Å². The predicted octanol–water partition coefficient (Wildman–Crippen LogP) is 2.99. The van der Waals surface area contributed by atoms with Crippen molar-refractivity contribution in [3.8, 4) is 0 Å². The summed E-state index contributed by atoms with van der Waals surface area (Å²) < 4.78 is 5.20. The van der Waals surface area contributed by atoms with Gasteiger partial charge in [-0.1, -0.05) is 23.7 Å². The molecular weight excluding hydrogens is 278 g/mol. The number of hydrogen-bond donors (Lipinski definition) is 2. The number of anilines is 2. The number of aryl methyl sites for hydroxylation is 2. The maximum atomic E-state index is 6.02. The SMILES string of the molecule is CNc1c(Cl)ncnc1NCC(C)c1c(C)noc1C. The monoisotopic (exact) mass is 295 g/mol. The van der Waals surface area contributed by atoms with Crippen LogP contribution < -0.4 is 10.6 Å². The van der Waals surface area contributed by atoms with Crippen LogP contribution in [0.15, 0.2) is 10.9 Å². The van der Waals surface area contributed by atoms with Crippen molar-refractivity contribution in [1.82, 2.24) is 15.1 Å². The van der Waals surface area contributed by atoms with Gasteiger partial charge in [0.25, 0.3) is 0 Å². The van der Waals surface area contributed by atoms with Gasteiger partial charge in [0, 0.05) is 25.1 Å². The Kier molecular flexibility index (Phi) is 4.44. The molecule has 0 saturated carbocycles. The van der Waals surface area contributed by atoms with E-state index in [-0.39, 0.29) is 5.92 Å². The molecule has 0 amide bonds. The smallest absolute Gasteiger partial charge is 0.157 e. The van der Waals surface area contributed by atoms with Crippen LogP contribution in [0, 0.1) is 13.8 Å². The van der Waals surface area contributed by atoms with E-state index in [9.17, 15) is 0 Å². The number of rotatable bonds is 5. The first kappa shape index (κ1) is 14.6. The molecule has 0 saturated heterocycles. The van der Waals surface area contributed by atoms with Crippen LogP contribution >= 0.6 is 11.6 Å². The number of hydrogen-bond acceptors (Lipinski definition) is 6. The second-order valence-corrected chi connectivity index (χ2v) is 5.02. The van der Waals surface area contributed by atoms with Crippen LogP contribution in [0.1, 0.15) is 29.9 Å². The van der Waals surface area contributed by atoms with Gasteiger partial charge in [0.1, 0.15) is 17.8 Å². The maximum absolute atomic E-state index is 6.02. The van der Waals surface area contributed by atoms with E-state index in [0.717, 1.165) is 17.0 Å². The molecule has 0 aliphatic rings. The van der Waals surface area contributed by atoms with Crippen LogP contribution in [0.2, 0.25) is 5.15 Å². The van der Waals surface area contributed by atoms with Crippen molar-refractivity contribution in [2.24, 2.45) is 0 Å². The standard InChI is InChI=1S/C13H18ClN5O/c1-7(10-8(2)19-20-9(10)3)5-16-13-11(15-4)12(14)17-6-18-13/h6-7,15H,5H2,1-4H3,(H,16,17,18). The molecule has 20 heavy (non-hydrogen) atoms. The molecule has 0 bridgehead atoms. The van der Waals surface area contributed by atoms with E-state index in [0.29, 0.717) is 23.2 Å². The molecule has 2 aromatic rings. The molecule has 0 radical (unpaired) electrons. The molecule has 1 atom stereocenters. The first-order chi connectivity index (χ1) is 9.54. The highest BCUT2D eigenvalue weighted by molar-refractivity contribution is 6.32. The number of aromatic nitrogens is 3. The molecule has 2 N–H and O–H groups in total. The van der Waals surface area contributed by atoms with Gasteiger partial charge in [0.05, 0.1) is 5.69 Å². The number of halogens is 1. The average molecular weight is 296 g/mol. The molecule has 2 heterocycles. The summed E-state index contributed by atoms with van der Waals surface area (Å²) in [5.41, 5.74) is 2.75. The van der Waals surface area contributed by atoms with E-state index >= 15 is 0 Å². The Bertz CT molecular complexity index is 579. The summed E-state index contributed by atoms with van der Waals surface area (Å²) in [5.74, 6) is 1.79. The van der Waals surface area contributed by atoms with Gasteiger partial charge in [0.2, 0.25) is 0 Å². The second-order valence-electron chi connectivity index (χ2n) is 4.66. The number of nitrogens with zero attached hydrogens (tertiary/aromatic N) is 3. The lowest BCUT2D eigenvalue weighted by Gasteiger charge is -2.15. The lowest BCUT2D eigenvalue weighted by atomic mass is 9.99. The molecule has 0 aliphatic heterocycles. The molecular formula is C13H18ClN5O. The zero-order valence-corrected chi connectivity index (χ0v) is 12.7. The Morgan fingerprint density at radius 3 is 2.70 bits per heavy atom. The van der Waals surface area contributed by atoms with Crippen molar-refractivity contribution in [1.29, 1.82) is 0 Å². The third kappa shape index (κ3) is 2.85. The Labute approximate surface area is 122 Å². The minimum atomic E-state index is 0.250. The lowest BCUT2D eigenvalue weighted by Crippen LogP contribution is -2.13. The molecule has 0 fully saturated rings. The molecule has 2 aromatic heterocycles. The fourth-order valence-corrected chi connectivity index (χ4v) is 2.49. The Hall–Kier alpha value is -1.82. The van der Waals surface area contributed by atoms with Crippen molar-refractivity contribution in [2.75, 3.05) is 24.2 Å². The zero-order valence-electron chi connectivity index (χ0n) is 12.0. The zero-order chi connectivity index (χ0) is 14.7. The summed E-state index contributed by atoms with van der Waals surface area (Å²) in [5, 5.41) is 10.7. The Morgan fingerprint density at radius 2 is 2.10 bits per heavy atom. The molecule has 0 aliphatic carbocycles. The van der Waals surface area contributed by atoms with Crippen LogP contribution in [-0.4, -0.2) is 28.7 Å². The van der Waals surface area contributed by atoms with Crippen molar-refractivity contribution < 1.29 is 4.52 Å². The van der Waals surface area contributed by atoms with E-state index in [1.165, 1.54) is 6.33 Å². The molecule has 0 aromatic carbocycles. The molecule has 108 valence electrons. The van der Waals surface area contributed by atoms with Crippen LogP contribution in [-0.2, 0) is 0 Å². The lowest BCUT2D eigenvalue weighted by molar-refractivity contribution is 0.391. The van der Waals surface area contributed by atoms with Gasteiger partial charge in [-0.2, -0.15) is 0 Å². The molecule has 1 unspecified atom stereocenters. The van der Waals surface area contributed by atoms with E-state index < -0.39 is 0 Å². The summed E-state index contributed by atoms with van der Waals surface area (Å²) >= 11 is 6.02. The van der Waals surface area contributed by atoms with Gasteiger partial charge in [-0.25, -0.2) is 9.97 Å². The fraction of sp³-hybridized carbons (Fsp3) is 0.462.